The highest BCUT2D eigenvalue weighted by atomic mass is 19.1. The molecule has 6 heteroatoms. The largest absolute Gasteiger partial charge is 0.478 e. The van der Waals surface area contributed by atoms with Crippen LogP contribution in [0.3, 0.4) is 0 Å². The van der Waals surface area contributed by atoms with E-state index in [9.17, 15) is 14.0 Å². The van der Waals surface area contributed by atoms with Crippen LogP contribution in [0.1, 0.15) is 10.4 Å². The minimum atomic E-state index is -1.34. The van der Waals surface area contributed by atoms with Crippen LogP contribution in [0.15, 0.2) is 35.3 Å². The molecule has 1 heterocycles. The second-order valence-electron chi connectivity index (χ2n) is 3.33. The van der Waals surface area contributed by atoms with Crippen molar-refractivity contribution < 1.29 is 14.3 Å². The smallest absolute Gasteiger partial charge is 0.338 e. The molecule has 0 unspecified atom stereocenters. The lowest BCUT2D eigenvalue weighted by molar-refractivity contribution is 0.0692. The lowest BCUT2D eigenvalue weighted by Crippen LogP contribution is -2.06. The third-order valence-corrected chi connectivity index (χ3v) is 2.20. The van der Waals surface area contributed by atoms with Gasteiger partial charge in [0.25, 0.3) is 5.56 Å². The minimum Gasteiger partial charge on any atom is -0.478 e. The van der Waals surface area contributed by atoms with Gasteiger partial charge < -0.3 is 5.11 Å². The number of carboxylic acids is 1. The number of nitrogens with one attached hydrogen (secondary N) is 1. The summed E-state index contributed by atoms with van der Waals surface area (Å²) in [5.74, 6) is -2.19. The summed E-state index contributed by atoms with van der Waals surface area (Å²) in [4.78, 5) is 21.6. The number of rotatable bonds is 2. The van der Waals surface area contributed by atoms with Crippen molar-refractivity contribution in [2.24, 2.45) is 0 Å². The zero-order valence-corrected chi connectivity index (χ0v) is 8.48. The van der Waals surface area contributed by atoms with Gasteiger partial charge in [0.1, 0.15) is 5.82 Å². The summed E-state index contributed by atoms with van der Waals surface area (Å²) < 4.78 is 13.4. The maximum atomic E-state index is 13.4. The van der Waals surface area contributed by atoms with Crippen LogP contribution in [0.4, 0.5) is 4.39 Å². The minimum absolute atomic E-state index is 0.395. The van der Waals surface area contributed by atoms with E-state index >= 15 is 0 Å². The first kappa shape index (κ1) is 11.0. The summed E-state index contributed by atoms with van der Waals surface area (Å²) in [6.07, 6.45) is 1.36. The fourth-order valence-corrected chi connectivity index (χ4v) is 1.40. The predicted octanol–water partition coefficient (Wildman–Crippen LogP) is 1.27. The van der Waals surface area contributed by atoms with E-state index in [1.807, 2.05) is 0 Å². The number of aromatic nitrogens is 2. The zero-order chi connectivity index (χ0) is 12.4. The lowest BCUT2D eigenvalue weighted by atomic mass is 10.1. The second kappa shape index (κ2) is 4.17. The number of carboxylic acid groups (broad SMARTS) is 1. The van der Waals surface area contributed by atoms with E-state index < -0.39 is 22.9 Å². The Labute approximate surface area is 94.5 Å². The molecule has 0 radical (unpaired) electrons. The molecule has 0 aliphatic carbocycles. The Morgan fingerprint density at radius 2 is 2.06 bits per heavy atom. The van der Waals surface area contributed by atoms with E-state index in [-0.39, 0.29) is 0 Å². The Morgan fingerprint density at radius 1 is 1.29 bits per heavy atom. The van der Waals surface area contributed by atoms with Gasteiger partial charge >= 0.3 is 5.97 Å². The second-order valence-corrected chi connectivity index (χ2v) is 3.33. The van der Waals surface area contributed by atoms with Crippen LogP contribution in [-0.4, -0.2) is 21.3 Å². The topological polar surface area (TPSA) is 83.0 Å². The number of nitrogens with zero attached hydrogens (tertiary/aromatic N) is 1. The van der Waals surface area contributed by atoms with Crippen LogP contribution >= 0.6 is 0 Å². The number of aromatic carboxylic acids is 1. The van der Waals surface area contributed by atoms with Gasteiger partial charge in [-0.3, -0.25) is 4.79 Å². The summed E-state index contributed by atoms with van der Waals surface area (Å²) >= 11 is 0. The van der Waals surface area contributed by atoms with Gasteiger partial charge in [0, 0.05) is 11.6 Å². The molecule has 0 fully saturated rings. The standard InChI is InChI=1S/C11H7FN2O3/c12-9-3-6(1-2-8(9)11(16)17)7-4-10(15)14-13-5-7/h1-5H,(H,14,15)(H,16,17). The van der Waals surface area contributed by atoms with Gasteiger partial charge in [0.15, 0.2) is 0 Å². The van der Waals surface area contributed by atoms with Crippen LogP contribution in [0, 0.1) is 5.82 Å². The summed E-state index contributed by atoms with van der Waals surface area (Å²) in [7, 11) is 0. The first-order chi connectivity index (χ1) is 8.08. The molecule has 0 amide bonds. The summed E-state index contributed by atoms with van der Waals surface area (Å²) in [5, 5.41) is 14.4. The molecule has 1 aromatic heterocycles. The van der Waals surface area contributed by atoms with Gasteiger partial charge in [-0.1, -0.05) is 6.07 Å². The van der Waals surface area contributed by atoms with Crippen LogP contribution in [0.25, 0.3) is 11.1 Å². The van der Waals surface area contributed by atoms with Crippen LogP contribution in [-0.2, 0) is 0 Å². The van der Waals surface area contributed by atoms with Gasteiger partial charge in [-0.2, -0.15) is 5.10 Å². The van der Waals surface area contributed by atoms with Gasteiger partial charge in [-0.25, -0.2) is 14.3 Å². The maximum Gasteiger partial charge on any atom is 0.338 e. The van der Waals surface area contributed by atoms with Gasteiger partial charge in [0.2, 0.25) is 0 Å². The number of benzene rings is 1. The molecule has 0 saturated carbocycles. The Morgan fingerprint density at radius 3 is 2.65 bits per heavy atom. The Bertz CT molecular complexity index is 637. The molecule has 0 aliphatic heterocycles. The number of hydrogen-bond donors (Lipinski definition) is 2. The molecule has 0 bridgehead atoms. The van der Waals surface area contributed by atoms with Gasteiger partial charge in [-0.05, 0) is 17.7 Å². The van der Waals surface area contributed by atoms with Gasteiger partial charge in [0.05, 0.1) is 11.8 Å². The quantitative estimate of drug-likeness (QED) is 0.819. The Balaban J connectivity index is 2.52. The average molecular weight is 234 g/mol. The summed E-state index contributed by atoms with van der Waals surface area (Å²) in [6.45, 7) is 0. The molecule has 2 N–H and O–H groups in total. The number of hydrogen-bond acceptors (Lipinski definition) is 3. The molecule has 2 aromatic rings. The van der Waals surface area contributed by atoms with Gasteiger partial charge in [-0.15, -0.1) is 0 Å². The molecule has 86 valence electrons. The Kier molecular flexibility index (Phi) is 2.70. The predicted molar refractivity (Wildman–Crippen MR) is 57.2 cm³/mol. The molecule has 0 saturated heterocycles. The first-order valence-electron chi connectivity index (χ1n) is 4.66. The SMILES string of the molecule is O=C(O)c1ccc(-c2cn[nH]c(=O)c2)cc1F. The normalized spacial score (nSPS) is 10.2. The summed E-state index contributed by atoms with van der Waals surface area (Å²) in [5.41, 5.74) is -0.00698. The molecule has 1 aromatic carbocycles. The van der Waals surface area contributed by atoms with E-state index in [0.29, 0.717) is 11.1 Å². The molecular weight excluding hydrogens is 227 g/mol. The third kappa shape index (κ3) is 2.20. The van der Waals surface area contributed by atoms with Crippen molar-refractivity contribution in [1.82, 2.24) is 10.2 Å². The molecule has 5 nitrogen and oxygen atoms in total. The monoisotopic (exact) mass is 234 g/mol. The van der Waals surface area contributed by atoms with Crippen molar-refractivity contribution in [3.05, 3.63) is 52.2 Å². The molecule has 0 spiro atoms. The van der Waals surface area contributed by atoms with Crippen LogP contribution in [0.2, 0.25) is 0 Å². The van der Waals surface area contributed by atoms with Crippen molar-refractivity contribution in [2.75, 3.05) is 0 Å². The van der Waals surface area contributed by atoms with Crippen LogP contribution in [0.5, 0.6) is 0 Å². The Hall–Kier alpha value is -2.50. The maximum absolute atomic E-state index is 13.4. The summed E-state index contributed by atoms with van der Waals surface area (Å²) in [6, 6.07) is 4.87. The number of H-pyrrole nitrogens is 1. The van der Waals surface area contributed by atoms with Crippen molar-refractivity contribution in [3.8, 4) is 11.1 Å². The van der Waals surface area contributed by atoms with E-state index in [0.717, 1.165) is 12.1 Å². The van der Waals surface area contributed by atoms with Crippen molar-refractivity contribution in [1.29, 1.82) is 0 Å². The van der Waals surface area contributed by atoms with E-state index in [1.165, 1.54) is 18.3 Å². The first-order valence-corrected chi connectivity index (χ1v) is 4.66. The molecule has 0 aliphatic rings. The highest BCUT2D eigenvalue weighted by molar-refractivity contribution is 5.88. The van der Waals surface area contributed by atoms with Crippen molar-refractivity contribution in [3.63, 3.8) is 0 Å². The molecule has 2 rings (SSSR count). The molecular formula is C11H7FN2O3. The highest BCUT2D eigenvalue weighted by Crippen LogP contribution is 2.19. The fraction of sp³-hybridized carbons (Fsp3) is 0. The average Bonchev–Trinajstić information content (AvgIpc) is 2.28. The van der Waals surface area contributed by atoms with Crippen molar-refractivity contribution >= 4 is 5.97 Å². The fourth-order valence-electron chi connectivity index (χ4n) is 1.40. The van der Waals surface area contributed by atoms with E-state index in [4.69, 9.17) is 5.11 Å². The molecule has 17 heavy (non-hydrogen) atoms. The molecule has 0 atom stereocenters. The number of halogens is 1. The van der Waals surface area contributed by atoms with E-state index in [1.54, 1.807) is 0 Å². The number of carbonyl (C=O) groups is 1. The van der Waals surface area contributed by atoms with Crippen LogP contribution < -0.4 is 5.56 Å². The zero-order valence-electron chi connectivity index (χ0n) is 8.48. The lowest BCUT2D eigenvalue weighted by Gasteiger charge is -2.02. The van der Waals surface area contributed by atoms with Crippen molar-refractivity contribution in [2.45, 2.75) is 0 Å². The number of aromatic amines is 1. The highest BCUT2D eigenvalue weighted by Gasteiger charge is 2.11. The van der Waals surface area contributed by atoms with E-state index in [2.05, 4.69) is 10.2 Å². The third-order valence-electron chi connectivity index (χ3n) is 2.20.